The first-order valence-electron chi connectivity index (χ1n) is 18.3. The van der Waals surface area contributed by atoms with Crippen LogP contribution in [0.3, 0.4) is 0 Å². The van der Waals surface area contributed by atoms with Gasteiger partial charge in [-0.1, -0.05) is 120 Å². The second-order valence-electron chi connectivity index (χ2n) is 13.0. The number of fused-ring (bicyclic) bond motifs is 1. The van der Waals surface area contributed by atoms with Crippen LogP contribution < -0.4 is 0 Å². The van der Waals surface area contributed by atoms with Crippen molar-refractivity contribution in [1.29, 1.82) is 0 Å². The van der Waals surface area contributed by atoms with E-state index in [1.165, 1.54) is 67.8 Å². The molecule has 2 aliphatic rings. The van der Waals surface area contributed by atoms with Gasteiger partial charge in [0.25, 0.3) is 0 Å². The monoisotopic (exact) mass is 660 g/mol. The highest BCUT2D eigenvalue weighted by Crippen LogP contribution is 2.36. The summed E-state index contributed by atoms with van der Waals surface area (Å²) in [6, 6.07) is 24.3. The van der Waals surface area contributed by atoms with E-state index in [0.29, 0.717) is 0 Å². The minimum atomic E-state index is 0. The van der Waals surface area contributed by atoms with Gasteiger partial charge in [-0.15, -0.1) is 26.3 Å². The van der Waals surface area contributed by atoms with Crippen LogP contribution in [0, 0.1) is 19.8 Å². The second kappa shape index (κ2) is 24.1. The van der Waals surface area contributed by atoms with E-state index in [-0.39, 0.29) is 1.43 Å². The Balaban J connectivity index is 0.00000111. The lowest BCUT2D eigenvalue weighted by atomic mass is 9.84. The zero-order valence-corrected chi connectivity index (χ0v) is 32.5. The van der Waals surface area contributed by atoms with E-state index < -0.39 is 0 Å². The highest BCUT2D eigenvalue weighted by molar-refractivity contribution is 5.76. The van der Waals surface area contributed by atoms with Crippen molar-refractivity contribution in [3.8, 4) is 0 Å². The first-order valence-corrected chi connectivity index (χ1v) is 18.3. The molecule has 5 rings (SSSR count). The molecule has 3 aromatic carbocycles. The van der Waals surface area contributed by atoms with Gasteiger partial charge in [0, 0.05) is 20.2 Å². The lowest BCUT2D eigenvalue weighted by Gasteiger charge is -2.34. The SMILES string of the molecule is C=C.C=C.C=C(C)N1CCC(=CC)/C(=C(\CCc2c(C)cccc2C)c2ccc3c(c2)C=CCC3)C1.CCC(C)C.CCc1ccccc1.[HH]. The number of hydrogen-bond donors (Lipinski definition) is 0. The predicted molar refractivity (Wildman–Crippen MR) is 225 cm³/mol. The third kappa shape index (κ3) is 14.1. The molecule has 0 atom stereocenters. The molecule has 1 nitrogen and oxygen atoms in total. The summed E-state index contributed by atoms with van der Waals surface area (Å²) in [6.45, 7) is 35.9. The van der Waals surface area contributed by atoms with E-state index in [1.807, 2.05) is 6.07 Å². The number of rotatable bonds is 7. The molecule has 1 fully saturated rings. The predicted octanol–water partition coefficient (Wildman–Crippen LogP) is 14.0. The quantitative estimate of drug-likeness (QED) is 0.228. The maximum absolute atomic E-state index is 4.25. The molecular weight excluding hydrogens is 591 g/mol. The normalized spacial score (nSPS) is 14.8. The summed E-state index contributed by atoms with van der Waals surface area (Å²) in [6.07, 6.45) is 15.0. The molecule has 0 spiro atoms. The topological polar surface area (TPSA) is 3.24 Å². The van der Waals surface area contributed by atoms with E-state index in [4.69, 9.17) is 0 Å². The molecular formula is C48H69N. The molecule has 1 saturated heterocycles. The van der Waals surface area contributed by atoms with Gasteiger partial charge in [-0.2, -0.15) is 0 Å². The zero-order chi connectivity index (χ0) is 36.8. The minimum Gasteiger partial charge on any atom is -0.371 e. The molecule has 266 valence electrons. The first kappa shape index (κ1) is 42.9. The summed E-state index contributed by atoms with van der Waals surface area (Å²) in [5.74, 6) is 0.884. The van der Waals surface area contributed by atoms with Gasteiger partial charge in [0.2, 0.25) is 0 Å². The van der Waals surface area contributed by atoms with E-state index in [2.05, 4.69) is 172 Å². The number of likely N-dealkylation sites (tertiary alicyclic amines) is 1. The smallest absolute Gasteiger partial charge is 0.0431 e. The van der Waals surface area contributed by atoms with E-state index in [9.17, 15) is 0 Å². The lowest BCUT2D eigenvalue weighted by Crippen LogP contribution is -2.31. The van der Waals surface area contributed by atoms with Crippen LogP contribution in [0.25, 0.3) is 11.6 Å². The average molecular weight is 660 g/mol. The minimum absolute atomic E-state index is 0. The molecule has 0 bridgehead atoms. The summed E-state index contributed by atoms with van der Waals surface area (Å²) in [7, 11) is 0. The Labute approximate surface area is 304 Å². The number of benzene rings is 3. The van der Waals surface area contributed by atoms with Gasteiger partial charge in [-0.25, -0.2) is 0 Å². The van der Waals surface area contributed by atoms with E-state index in [0.717, 1.165) is 57.5 Å². The Kier molecular flexibility index (Phi) is 21.1. The van der Waals surface area contributed by atoms with Gasteiger partial charge in [0.15, 0.2) is 0 Å². The summed E-state index contributed by atoms with van der Waals surface area (Å²) in [5.41, 5.74) is 15.7. The highest BCUT2D eigenvalue weighted by atomic mass is 15.1. The maximum atomic E-state index is 4.25. The fourth-order valence-electron chi connectivity index (χ4n) is 6.00. The second-order valence-corrected chi connectivity index (χ2v) is 13.0. The summed E-state index contributed by atoms with van der Waals surface area (Å²) >= 11 is 0. The van der Waals surface area contributed by atoms with Crippen molar-refractivity contribution in [3.05, 3.63) is 168 Å². The number of aryl methyl sites for hydroxylation is 4. The van der Waals surface area contributed by atoms with Gasteiger partial charge in [-0.05, 0) is 134 Å². The Bertz CT molecular complexity index is 1480. The van der Waals surface area contributed by atoms with Gasteiger partial charge in [-0.3, -0.25) is 0 Å². The van der Waals surface area contributed by atoms with Crippen molar-refractivity contribution in [2.45, 2.75) is 100 Å². The molecule has 1 aliphatic carbocycles. The third-order valence-corrected chi connectivity index (χ3v) is 9.35. The van der Waals surface area contributed by atoms with Crippen molar-refractivity contribution >= 4 is 11.6 Å². The van der Waals surface area contributed by atoms with Crippen LogP contribution in [0.4, 0.5) is 0 Å². The largest absolute Gasteiger partial charge is 0.371 e. The van der Waals surface area contributed by atoms with Crippen LogP contribution in [-0.2, 0) is 19.3 Å². The number of allylic oxidation sites excluding steroid dienone is 4. The lowest BCUT2D eigenvalue weighted by molar-refractivity contribution is 0.359. The van der Waals surface area contributed by atoms with Crippen molar-refractivity contribution in [1.82, 2.24) is 4.90 Å². The van der Waals surface area contributed by atoms with Crippen molar-refractivity contribution in [2.75, 3.05) is 13.1 Å². The van der Waals surface area contributed by atoms with Crippen LogP contribution in [0.5, 0.6) is 0 Å². The van der Waals surface area contributed by atoms with Crippen molar-refractivity contribution in [2.24, 2.45) is 5.92 Å². The number of nitrogens with zero attached hydrogens (tertiary/aromatic N) is 1. The maximum Gasteiger partial charge on any atom is 0.0431 e. The molecule has 1 heteroatoms. The Hall–Kier alpha value is -4.10. The molecule has 3 aromatic rings. The van der Waals surface area contributed by atoms with Gasteiger partial charge < -0.3 is 4.90 Å². The fourth-order valence-corrected chi connectivity index (χ4v) is 6.00. The van der Waals surface area contributed by atoms with E-state index >= 15 is 0 Å². The summed E-state index contributed by atoms with van der Waals surface area (Å²) < 4.78 is 0. The van der Waals surface area contributed by atoms with Gasteiger partial charge in [0.1, 0.15) is 0 Å². The third-order valence-electron chi connectivity index (χ3n) is 9.35. The van der Waals surface area contributed by atoms with Crippen LogP contribution in [0.2, 0.25) is 0 Å². The zero-order valence-electron chi connectivity index (χ0n) is 32.5. The first-order chi connectivity index (χ1) is 23.7. The van der Waals surface area contributed by atoms with Crippen LogP contribution in [0.15, 0.2) is 129 Å². The van der Waals surface area contributed by atoms with E-state index in [1.54, 1.807) is 0 Å². The Morgan fingerprint density at radius 2 is 1.53 bits per heavy atom. The molecule has 0 aromatic heterocycles. The Morgan fingerprint density at radius 1 is 0.898 bits per heavy atom. The Morgan fingerprint density at radius 3 is 2.06 bits per heavy atom. The fraction of sp³-hybridized carbons (Fsp3) is 0.375. The molecule has 1 aliphatic heterocycles. The van der Waals surface area contributed by atoms with Gasteiger partial charge in [0.05, 0.1) is 0 Å². The molecule has 0 radical (unpaired) electrons. The van der Waals surface area contributed by atoms with Crippen LogP contribution in [0.1, 0.15) is 108 Å². The highest BCUT2D eigenvalue weighted by Gasteiger charge is 2.22. The van der Waals surface area contributed by atoms with Crippen LogP contribution >= 0.6 is 0 Å². The van der Waals surface area contributed by atoms with Crippen molar-refractivity contribution in [3.63, 3.8) is 0 Å². The summed E-state index contributed by atoms with van der Waals surface area (Å²) in [5, 5.41) is 0. The van der Waals surface area contributed by atoms with Crippen molar-refractivity contribution < 1.29 is 1.43 Å². The molecule has 0 N–H and O–H groups in total. The standard InChI is InChI=1S/C31H37N.C8H10.C5H12.2C2H4.H2/c1-6-25-18-19-32(22(2)3)21-31(25)30(17-16-29-23(4)10-9-11-24(29)5)28-15-14-26-12-7-8-13-27(26)20-28;1-2-8-6-4-3-5-7-8;1-4-5(2)3;2*1-2;/h6,8-11,13-15,20H,2,7,12,16-19,21H2,1,3-5H3;3-7H,2H2,1H3;5H,4H2,1-3H3;2*1-2H2;1H/b25-6?,31-30+;;;;;. The average Bonchev–Trinajstić information content (AvgIpc) is 3.15. The van der Waals surface area contributed by atoms with Crippen LogP contribution in [-0.4, -0.2) is 18.0 Å². The molecule has 0 amide bonds. The number of piperidine rings is 1. The van der Waals surface area contributed by atoms with Gasteiger partial charge >= 0.3 is 0 Å². The molecule has 1 heterocycles. The number of hydrogen-bond acceptors (Lipinski definition) is 1. The summed E-state index contributed by atoms with van der Waals surface area (Å²) in [4.78, 5) is 2.44. The molecule has 0 saturated carbocycles. The molecule has 49 heavy (non-hydrogen) atoms. The molecule has 0 unspecified atom stereocenters.